The summed E-state index contributed by atoms with van der Waals surface area (Å²) in [5, 5.41) is 3.97. The molecule has 1 aliphatic rings. The van der Waals surface area contributed by atoms with E-state index in [2.05, 4.69) is 10.1 Å². The van der Waals surface area contributed by atoms with Gasteiger partial charge in [-0.15, -0.1) is 0 Å². The topological polar surface area (TPSA) is 59.2 Å². The third-order valence-electron chi connectivity index (χ3n) is 3.92. The summed E-state index contributed by atoms with van der Waals surface area (Å²) < 4.78 is 5.42. The van der Waals surface area contributed by atoms with Crippen molar-refractivity contribution in [2.75, 3.05) is 6.54 Å². The number of likely N-dealkylation sites (tertiary alicyclic amines) is 1. The van der Waals surface area contributed by atoms with E-state index < -0.39 is 0 Å². The number of hydrogen-bond acceptors (Lipinski definition) is 4. The Balaban J connectivity index is 1.90. The Hall–Kier alpha value is -2.17. The number of pyridine rings is 1. The molecule has 0 spiro atoms. The van der Waals surface area contributed by atoms with Crippen LogP contribution in [0.5, 0.6) is 0 Å². The Morgan fingerprint density at radius 1 is 1.29 bits per heavy atom. The second-order valence-corrected chi connectivity index (χ2v) is 5.47. The summed E-state index contributed by atoms with van der Waals surface area (Å²) in [4.78, 5) is 18.7. The molecule has 5 nitrogen and oxygen atoms in total. The predicted molar refractivity (Wildman–Crippen MR) is 77.7 cm³/mol. The number of nitrogens with zero attached hydrogens (tertiary/aromatic N) is 3. The van der Waals surface area contributed by atoms with Gasteiger partial charge in [-0.3, -0.25) is 9.78 Å². The van der Waals surface area contributed by atoms with Crippen molar-refractivity contribution in [3.05, 3.63) is 47.6 Å². The molecule has 0 unspecified atom stereocenters. The molecular weight excluding hydrogens is 266 g/mol. The van der Waals surface area contributed by atoms with Crippen molar-refractivity contribution in [2.24, 2.45) is 0 Å². The molecule has 0 N–H and O–H groups in total. The minimum atomic E-state index is -0.0191. The Morgan fingerprint density at radius 2 is 2.10 bits per heavy atom. The maximum absolute atomic E-state index is 12.8. The maximum Gasteiger partial charge on any atom is 0.254 e. The van der Waals surface area contributed by atoms with Gasteiger partial charge in [0.1, 0.15) is 0 Å². The van der Waals surface area contributed by atoms with Crippen LogP contribution in [-0.2, 0) is 0 Å². The van der Waals surface area contributed by atoms with Crippen molar-refractivity contribution in [3.8, 4) is 0 Å². The number of carbonyl (C=O) groups is 1. The summed E-state index contributed by atoms with van der Waals surface area (Å²) in [7, 11) is 0. The van der Waals surface area contributed by atoms with Crippen LogP contribution >= 0.6 is 0 Å². The maximum atomic E-state index is 12.8. The highest BCUT2D eigenvalue weighted by atomic mass is 16.5. The summed E-state index contributed by atoms with van der Waals surface area (Å²) >= 11 is 0. The molecule has 110 valence electrons. The van der Waals surface area contributed by atoms with E-state index in [-0.39, 0.29) is 11.9 Å². The van der Waals surface area contributed by atoms with Crippen LogP contribution in [0, 0.1) is 6.92 Å². The standard InChI is InChI=1S/C16H19N3O2/c1-12-11-15(21-18-12)14-5-3-2-4-10-19(14)16(20)13-6-8-17-9-7-13/h6-9,11,14H,2-5,10H2,1H3/t14-/m0/s1. The zero-order chi connectivity index (χ0) is 14.7. The van der Waals surface area contributed by atoms with Gasteiger partial charge in [0.2, 0.25) is 0 Å². The fraction of sp³-hybridized carbons (Fsp3) is 0.438. The monoisotopic (exact) mass is 285 g/mol. The fourth-order valence-electron chi connectivity index (χ4n) is 2.85. The van der Waals surface area contributed by atoms with E-state index in [1.165, 1.54) is 0 Å². The molecule has 1 aliphatic heterocycles. The van der Waals surface area contributed by atoms with Gasteiger partial charge in [-0.05, 0) is 31.9 Å². The highest BCUT2D eigenvalue weighted by molar-refractivity contribution is 5.94. The molecule has 1 atom stereocenters. The Bertz CT molecular complexity index is 609. The number of aromatic nitrogens is 2. The van der Waals surface area contributed by atoms with E-state index in [1.807, 2.05) is 17.9 Å². The van der Waals surface area contributed by atoms with E-state index in [0.29, 0.717) is 5.56 Å². The Kier molecular flexibility index (Phi) is 3.99. The van der Waals surface area contributed by atoms with Gasteiger partial charge in [-0.1, -0.05) is 18.0 Å². The molecular formula is C16H19N3O2. The molecule has 0 bridgehead atoms. The molecule has 0 aliphatic carbocycles. The molecule has 2 aromatic rings. The largest absolute Gasteiger partial charge is 0.359 e. The molecule has 0 aromatic carbocycles. The molecule has 2 aromatic heterocycles. The smallest absolute Gasteiger partial charge is 0.254 e. The van der Waals surface area contributed by atoms with Gasteiger partial charge in [0, 0.05) is 30.6 Å². The minimum Gasteiger partial charge on any atom is -0.359 e. The quantitative estimate of drug-likeness (QED) is 0.850. The second-order valence-electron chi connectivity index (χ2n) is 5.47. The molecule has 1 fully saturated rings. The molecule has 3 rings (SSSR count). The van der Waals surface area contributed by atoms with Gasteiger partial charge >= 0.3 is 0 Å². The lowest BCUT2D eigenvalue weighted by molar-refractivity contribution is 0.0651. The number of rotatable bonds is 2. The molecule has 3 heterocycles. The summed E-state index contributed by atoms with van der Waals surface area (Å²) in [5.74, 6) is 0.829. The minimum absolute atomic E-state index is 0.0191. The third kappa shape index (κ3) is 2.96. The first kappa shape index (κ1) is 13.8. The lowest BCUT2D eigenvalue weighted by atomic mass is 10.1. The van der Waals surface area contributed by atoms with Crippen LogP contribution in [0.25, 0.3) is 0 Å². The molecule has 0 radical (unpaired) electrons. The molecule has 5 heteroatoms. The molecule has 1 saturated heterocycles. The normalized spacial score (nSPS) is 19.3. The second kappa shape index (κ2) is 6.08. The number of aryl methyl sites for hydroxylation is 1. The van der Waals surface area contributed by atoms with Crippen LogP contribution in [0.1, 0.15) is 53.5 Å². The summed E-state index contributed by atoms with van der Waals surface area (Å²) in [6.07, 6.45) is 7.50. The van der Waals surface area contributed by atoms with Gasteiger partial charge in [0.15, 0.2) is 5.76 Å². The Morgan fingerprint density at radius 3 is 2.81 bits per heavy atom. The van der Waals surface area contributed by atoms with Gasteiger partial charge in [0.05, 0.1) is 11.7 Å². The molecule has 21 heavy (non-hydrogen) atoms. The van der Waals surface area contributed by atoms with Crippen molar-refractivity contribution < 1.29 is 9.32 Å². The van der Waals surface area contributed by atoms with Gasteiger partial charge in [-0.2, -0.15) is 0 Å². The van der Waals surface area contributed by atoms with Crippen LogP contribution in [0.4, 0.5) is 0 Å². The highest BCUT2D eigenvalue weighted by Crippen LogP contribution is 2.31. The average molecular weight is 285 g/mol. The van der Waals surface area contributed by atoms with Crippen LogP contribution < -0.4 is 0 Å². The summed E-state index contributed by atoms with van der Waals surface area (Å²) in [6.45, 7) is 2.66. The van der Waals surface area contributed by atoms with Crippen LogP contribution in [0.15, 0.2) is 35.1 Å². The van der Waals surface area contributed by atoms with E-state index in [9.17, 15) is 4.79 Å². The van der Waals surface area contributed by atoms with Gasteiger partial charge < -0.3 is 9.42 Å². The van der Waals surface area contributed by atoms with E-state index >= 15 is 0 Å². The van der Waals surface area contributed by atoms with Crippen LogP contribution in [-0.4, -0.2) is 27.5 Å². The number of amides is 1. The number of hydrogen-bond donors (Lipinski definition) is 0. The van der Waals surface area contributed by atoms with E-state index in [1.54, 1.807) is 24.5 Å². The van der Waals surface area contributed by atoms with Gasteiger partial charge in [-0.25, -0.2) is 0 Å². The lowest BCUT2D eigenvalue weighted by Crippen LogP contribution is -2.34. The number of carbonyl (C=O) groups excluding carboxylic acids is 1. The van der Waals surface area contributed by atoms with Crippen LogP contribution in [0.2, 0.25) is 0 Å². The van der Waals surface area contributed by atoms with Crippen molar-refractivity contribution in [1.29, 1.82) is 0 Å². The van der Waals surface area contributed by atoms with E-state index in [0.717, 1.165) is 43.7 Å². The van der Waals surface area contributed by atoms with E-state index in [4.69, 9.17) is 4.52 Å². The first-order valence-electron chi connectivity index (χ1n) is 7.40. The zero-order valence-corrected chi connectivity index (χ0v) is 12.2. The summed E-state index contributed by atoms with van der Waals surface area (Å²) in [6, 6.07) is 5.43. The van der Waals surface area contributed by atoms with Crippen molar-refractivity contribution in [2.45, 2.75) is 38.6 Å². The van der Waals surface area contributed by atoms with Crippen molar-refractivity contribution >= 4 is 5.91 Å². The first-order chi connectivity index (χ1) is 10.3. The van der Waals surface area contributed by atoms with Gasteiger partial charge in [0.25, 0.3) is 5.91 Å². The summed E-state index contributed by atoms with van der Waals surface area (Å²) in [5.41, 5.74) is 1.53. The third-order valence-corrected chi connectivity index (χ3v) is 3.92. The predicted octanol–water partition coefficient (Wildman–Crippen LogP) is 3.14. The van der Waals surface area contributed by atoms with Crippen molar-refractivity contribution in [3.63, 3.8) is 0 Å². The molecule has 0 saturated carbocycles. The first-order valence-corrected chi connectivity index (χ1v) is 7.40. The SMILES string of the molecule is Cc1cc([C@@H]2CCCCCN2C(=O)c2ccncc2)on1. The fourth-order valence-corrected chi connectivity index (χ4v) is 2.85. The highest BCUT2D eigenvalue weighted by Gasteiger charge is 2.30. The Labute approximate surface area is 124 Å². The zero-order valence-electron chi connectivity index (χ0n) is 12.2. The van der Waals surface area contributed by atoms with Crippen LogP contribution in [0.3, 0.4) is 0 Å². The average Bonchev–Trinajstić information content (AvgIpc) is 2.80. The molecule has 1 amide bonds. The lowest BCUT2D eigenvalue weighted by Gasteiger charge is -2.28. The van der Waals surface area contributed by atoms with Crippen molar-refractivity contribution in [1.82, 2.24) is 15.0 Å².